The molecule has 128 valence electrons. The van der Waals surface area contributed by atoms with Crippen LogP contribution >= 0.6 is 15.9 Å². The first-order valence-electron chi connectivity index (χ1n) is 8.05. The van der Waals surface area contributed by atoms with Crippen molar-refractivity contribution in [3.05, 3.63) is 69.2 Å². The highest BCUT2D eigenvalue weighted by atomic mass is 79.9. The quantitative estimate of drug-likeness (QED) is 0.707. The zero-order valence-electron chi connectivity index (χ0n) is 13.8. The van der Waals surface area contributed by atoms with Crippen LogP contribution in [-0.2, 0) is 11.3 Å². The minimum Gasteiger partial charge on any atom is -0.325 e. The number of nitrogens with zero attached hydrogens (tertiary/aromatic N) is 2. The lowest BCUT2D eigenvalue weighted by molar-refractivity contribution is -0.116. The fraction of sp³-hybridized carbons (Fsp3) is 0.211. The van der Waals surface area contributed by atoms with Gasteiger partial charge in [0.1, 0.15) is 0 Å². The van der Waals surface area contributed by atoms with Crippen molar-refractivity contribution in [2.45, 2.75) is 26.3 Å². The van der Waals surface area contributed by atoms with Crippen LogP contribution in [0.15, 0.2) is 58.1 Å². The average molecular weight is 400 g/mol. The van der Waals surface area contributed by atoms with E-state index in [0.717, 1.165) is 15.7 Å². The van der Waals surface area contributed by atoms with Crippen molar-refractivity contribution in [3.63, 3.8) is 0 Å². The average Bonchev–Trinajstić information content (AvgIpc) is 2.60. The van der Waals surface area contributed by atoms with Crippen LogP contribution in [0, 0.1) is 6.92 Å². The Kier molecular flexibility index (Phi) is 5.28. The Morgan fingerprint density at radius 2 is 2.04 bits per heavy atom. The van der Waals surface area contributed by atoms with E-state index in [-0.39, 0.29) is 11.5 Å². The van der Waals surface area contributed by atoms with Crippen molar-refractivity contribution < 1.29 is 4.79 Å². The van der Waals surface area contributed by atoms with Crippen molar-refractivity contribution in [1.82, 2.24) is 9.55 Å². The first-order chi connectivity index (χ1) is 12.0. The summed E-state index contributed by atoms with van der Waals surface area (Å²) in [4.78, 5) is 28.8. The highest BCUT2D eigenvalue weighted by molar-refractivity contribution is 9.10. The van der Waals surface area contributed by atoms with Crippen LogP contribution in [0.3, 0.4) is 0 Å². The molecular formula is C19H18BrN3O2. The van der Waals surface area contributed by atoms with E-state index in [0.29, 0.717) is 30.3 Å². The van der Waals surface area contributed by atoms with Gasteiger partial charge in [-0.1, -0.05) is 18.2 Å². The molecule has 2 aromatic carbocycles. The minimum absolute atomic E-state index is 0.0766. The summed E-state index contributed by atoms with van der Waals surface area (Å²) < 4.78 is 2.41. The second-order valence-corrected chi connectivity index (χ2v) is 6.75. The van der Waals surface area contributed by atoms with Gasteiger partial charge in [-0.3, -0.25) is 14.2 Å². The van der Waals surface area contributed by atoms with Crippen LogP contribution < -0.4 is 10.9 Å². The largest absolute Gasteiger partial charge is 0.325 e. The summed E-state index contributed by atoms with van der Waals surface area (Å²) in [5.74, 6) is -0.0775. The Bertz CT molecular complexity index is 982. The van der Waals surface area contributed by atoms with E-state index in [1.54, 1.807) is 17.0 Å². The molecule has 1 amide bonds. The third-order valence-corrected chi connectivity index (χ3v) is 4.59. The first-order valence-corrected chi connectivity index (χ1v) is 8.84. The predicted molar refractivity (Wildman–Crippen MR) is 103 cm³/mol. The van der Waals surface area contributed by atoms with Crippen molar-refractivity contribution in [3.8, 4) is 0 Å². The molecule has 5 nitrogen and oxygen atoms in total. The van der Waals surface area contributed by atoms with Crippen molar-refractivity contribution >= 4 is 38.4 Å². The Morgan fingerprint density at radius 3 is 2.84 bits per heavy atom. The highest BCUT2D eigenvalue weighted by Crippen LogP contribution is 2.23. The second kappa shape index (κ2) is 7.61. The molecule has 0 aliphatic heterocycles. The zero-order valence-corrected chi connectivity index (χ0v) is 15.4. The van der Waals surface area contributed by atoms with E-state index in [1.807, 2.05) is 43.3 Å². The highest BCUT2D eigenvalue weighted by Gasteiger charge is 2.07. The number of hydrogen-bond acceptors (Lipinski definition) is 3. The van der Waals surface area contributed by atoms with Gasteiger partial charge >= 0.3 is 0 Å². The van der Waals surface area contributed by atoms with Gasteiger partial charge in [0, 0.05) is 17.4 Å². The maximum absolute atomic E-state index is 12.4. The lowest BCUT2D eigenvalue weighted by Crippen LogP contribution is -2.21. The van der Waals surface area contributed by atoms with Crippen LogP contribution in [0.2, 0.25) is 0 Å². The van der Waals surface area contributed by atoms with Gasteiger partial charge in [-0.15, -0.1) is 0 Å². The third kappa shape index (κ3) is 4.14. The minimum atomic E-state index is -0.0775. The number of para-hydroxylation sites is 1. The fourth-order valence-corrected chi connectivity index (χ4v) is 3.20. The summed E-state index contributed by atoms with van der Waals surface area (Å²) in [7, 11) is 0. The number of nitrogens with one attached hydrogen (secondary N) is 1. The molecule has 0 spiro atoms. The molecular weight excluding hydrogens is 382 g/mol. The van der Waals surface area contributed by atoms with Gasteiger partial charge in [0.15, 0.2) is 0 Å². The molecule has 0 radical (unpaired) electrons. The normalized spacial score (nSPS) is 10.8. The maximum Gasteiger partial charge on any atom is 0.261 e. The number of amides is 1. The molecule has 0 atom stereocenters. The number of halogens is 1. The number of carbonyl (C=O) groups excluding carboxylic acids is 1. The Balaban J connectivity index is 1.60. The summed E-state index contributed by atoms with van der Waals surface area (Å²) in [6.45, 7) is 2.45. The molecule has 1 aromatic heterocycles. The van der Waals surface area contributed by atoms with Crippen LogP contribution in [0.1, 0.15) is 18.4 Å². The molecule has 3 aromatic rings. The van der Waals surface area contributed by atoms with E-state index in [2.05, 4.69) is 26.2 Å². The van der Waals surface area contributed by atoms with Crippen molar-refractivity contribution in [2.24, 2.45) is 0 Å². The van der Waals surface area contributed by atoms with E-state index in [1.165, 1.54) is 0 Å². The van der Waals surface area contributed by atoms with E-state index < -0.39 is 0 Å². The summed E-state index contributed by atoms with van der Waals surface area (Å²) >= 11 is 3.44. The number of aryl methyl sites for hydroxylation is 2. The Hall–Kier alpha value is -2.47. The molecule has 0 saturated carbocycles. The molecule has 0 aliphatic carbocycles. The van der Waals surface area contributed by atoms with Gasteiger partial charge in [-0.05, 0) is 59.1 Å². The molecule has 0 unspecified atom stereocenters. The van der Waals surface area contributed by atoms with E-state index in [9.17, 15) is 9.59 Å². The number of anilines is 1. The van der Waals surface area contributed by atoms with Gasteiger partial charge in [0.05, 0.1) is 22.9 Å². The number of hydrogen-bond donors (Lipinski definition) is 1. The zero-order chi connectivity index (χ0) is 17.8. The van der Waals surface area contributed by atoms with Gasteiger partial charge in [0.2, 0.25) is 5.91 Å². The number of benzene rings is 2. The van der Waals surface area contributed by atoms with Crippen LogP contribution in [0.4, 0.5) is 5.69 Å². The van der Waals surface area contributed by atoms with E-state index >= 15 is 0 Å². The smallest absolute Gasteiger partial charge is 0.261 e. The van der Waals surface area contributed by atoms with Gasteiger partial charge in [0.25, 0.3) is 5.56 Å². The molecule has 0 fully saturated rings. The Labute approximate surface area is 153 Å². The molecule has 1 heterocycles. The van der Waals surface area contributed by atoms with Crippen molar-refractivity contribution in [2.75, 3.05) is 5.32 Å². The maximum atomic E-state index is 12.4. The molecule has 0 saturated heterocycles. The molecule has 0 aliphatic rings. The van der Waals surface area contributed by atoms with Crippen LogP contribution in [0.5, 0.6) is 0 Å². The van der Waals surface area contributed by atoms with Gasteiger partial charge < -0.3 is 5.32 Å². The SMILES string of the molecule is Cc1ccc(NC(=O)CCCn2cnc3ccccc3c2=O)c(Br)c1. The topological polar surface area (TPSA) is 64.0 Å². The summed E-state index contributed by atoms with van der Waals surface area (Å²) in [5.41, 5.74) is 2.48. The van der Waals surface area contributed by atoms with Crippen molar-refractivity contribution in [1.29, 1.82) is 0 Å². The predicted octanol–water partition coefficient (Wildman–Crippen LogP) is 3.89. The van der Waals surface area contributed by atoms with E-state index in [4.69, 9.17) is 0 Å². The first kappa shape index (κ1) is 17.4. The monoisotopic (exact) mass is 399 g/mol. The molecule has 0 bridgehead atoms. The lowest BCUT2D eigenvalue weighted by Gasteiger charge is -2.09. The molecule has 6 heteroatoms. The van der Waals surface area contributed by atoms with Crippen LogP contribution in [-0.4, -0.2) is 15.5 Å². The lowest BCUT2D eigenvalue weighted by atomic mass is 10.2. The molecule has 3 rings (SSSR count). The van der Waals surface area contributed by atoms with Gasteiger partial charge in [-0.25, -0.2) is 4.98 Å². The number of fused-ring (bicyclic) bond motifs is 1. The molecule has 25 heavy (non-hydrogen) atoms. The van der Waals surface area contributed by atoms with Crippen LogP contribution in [0.25, 0.3) is 10.9 Å². The number of rotatable bonds is 5. The fourth-order valence-electron chi connectivity index (χ4n) is 2.61. The summed E-state index contributed by atoms with van der Waals surface area (Å²) in [6.07, 6.45) is 2.44. The number of carbonyl (C=O) groups is 1. The molecule has 1 N–H and O–H groups in total. The standard InChI is InChI=1S/C19H18BrN3O2/c1-13-8-9-17(15(20)11-13)22-18(24)7-4-10-23-12-21-16-6-3-2-5-14(16)19(23)25/h2-3,5-6,8-9,11-12H,4,7,10H2,1H3,(H,22,24). The summed E-state index contributed by atoms with van der Waals surface area (Å²) in [5, 5.41) is 3.47. The van der Waals surface area contributed by atoms with Gasteiger partial charge in [-0.2, -0.15) is 0 Å². The Morgan fingerprint density at radius 1 is 1.24 bits per heavy atom. The second-order valence-electron chi connectivity index (χ2n) is 5.90. The third-order valence-electron chi connectivity index (χ3n) is 3.93. The number of aromatic nitrogens is 2. The summed E-state index contributed by atoms with van der Waals surface area (Å²) in [6, 6.07) is 13.0.